The summed E-state index contributed by atoms with van der Waals surface area (Å²) in [4.78, 5) is 24.9. The van der Waals surface area contributed by atoms with E-state index in [9.17, 15) is 14.7 Å². The molecule has 4 nitrogen and oxygen atoms in total. The lowest BCUT2D eigenvalue weighted by atomic mass is 9.65. The molecule has 0 amide bonds. The van der Waals surface area contributed by atoms with E-state index in [1.54, 1.807) is 0 Å². The average Bonchev–Trinajstić information content (AvgIpc) is 3.24. The van der Waals surface area contributed by atoms with Crippen LogP contribution in [0.2, 0.25) is 0 Å². The van der Waals surface area contributed by atoms with Gasteiger partial charge in [-0.3, -0.25) is 4.79 Å². The molecule has 0 aromatic heterocycles. The van der Waals surface area contributed by atoms with Crippen molar-refractivity contribution in [3.05, 3.63) is 59.7 Å². The number of benzene rings is 2. The third kappa shape index (κ3) is 5.16. The fourth-order valence-electron chi connectivity index (χ4n) is 7.48. The van der Waals surface area contributed by atoms with Crippen molar-refractivity contribution in [2.45, 2.75) is 76.7 Å². The van der Waals surface area contributed by atoms with E-state index in [1.807, 2.05) is 24.3 Å². The van der Waals surface area contributed by atoms with E-state index in [1.165, 1.54) is 35.1 Å². The Morgan fingerprint density at radius 1 is 0.972 bits per heavy atom. The SMILES string of the molecule is CCC1CC(O)CCC1C1CCC(C[C@@H](C=O)C(=O)OCC2c3ccccc3-c3ccccc32)CC1. The molecule has 192 valence electrons. The number of carbonyl (C=O) groups is 2. The van der Waals surface area contributed by atoms with Gasteiger partial charge in [-0.25, -0.2) is 0 Å². The zero-order valence-corrected chi connectivity index (χ0v) is 21.5. The standard InChI is InChI=1S/C32H40O4/c1-2-22-18-25(34)15-16-26(22)23-13-11-21(12-14-23)17-24(19-33)32(35)36-20-31-29-9-5-3-7-27(29)28-8-4-6-10-30(28)31/h3-10,19,21-26,31,34H,2,11-18,20H2,1H3/t21?,22?,23?,24-,25?,26?/m0/s1. The van der Waals surface area contributed by atoms with Gasteiger partial charge in [-0.2, -0.15) is 0 Å². The Balaban J connectivity index is 1.15. The predicted octanol–water partition coefficient (Wildman–Crippen LogP) is 6.54. The molecule has 4 heteroatoms. The van der Waals surface area contributed by atoms with Gasteiger partial charge in [0, 0.05) is 5.92 Å². The van der Waals surface area contributed by atoms with E-state index in [-0.39, 0.29) is 24.6 Å². The quantitative estimate of drug-likeness (QED) is 0.260. The maximum Gasteiger partial charge on any atom is 0.316 e. The molecule has 0 aliphatic heterocycles. The minimum Gasteiger partial charge on any atom is -0.464 e. The highest BCUT2D eigenvalue weighted by Crippen LogP contribution is 2.46. The molecule has 3 aliphatic rings. The molecule has 3 unspecified atom stereocenters. The number of aldehydes is 1. The number of ether oxygens (including phenoxy) is 1. The van der Waals surface area contributed by atoms with E-state index in [2.05, 4.69) is 31.2 Å². The number of aliphatic hydroxyl groups is 1. The number of carbonyl (C=O) groups excluding carboxylic acids is 2. The summed E-state index contributed by atoms with van der Waals surface area (Å²) in [6.45, 7) is 2.53. The van der Waals surface area contributed by atoms with Crippen LogP contribution in [0.4, 0.5) is 0 Å². The Labute approximate surface area is 215 Å². The van der Waals surface area contributed by atoms with Crippen molar-refractivity contribution in [1.29, 1.82) is 0 Å². The molecule has 0 heterocycles. The highest BCUT2D eigenvalue weighted by Gasteiger charge is 2.37. The van der Waals surface area contributed by atoms with Crippen molar-refractivity contribution in [3.63, 3.8) is 0 Å². The molecule has 0 bridgehead atoms. The van der Waals surface area contributed by atoms with Crippen LogP contribution >= 0.6 is 0 Å². The first-order chi connectivity index (χ1) is 17.6. The first kappa shape index (κ1) is 25.2. The smallest absolute Gasteiger partial charge is 0.316 e. The minimum absolute atomic E-state index is 0.0182. The summed E-state index contributed by atoms with van der Waals surface area (Å²) < 4.78 is 5.80. The highest BCUT2D eigenvalue weighted by atomic mass is 16.5. The molecular weight excluding hydrogens is 448 g/mol. The Morgan fingerprint density at radius 2 is 1.61 bits per heavy atom. The molecule has 3 aliphatic carbocycles. The molecule has 2 fully saturated rings. The maximum atomic E-state index is 13.0. The second kappa shape index (κ2) is 11.3. The number of fused-ring (bicyclic) bond motifs is 3. The van der Waals surface area contributed by atoms with Crippen molar-refractivity contribution >= 4 is 12.3 Å². The van der Waals surface area contributed by atoms with Gasteiger partial charge in [0.1, 0.15) is 18.8 Å². The van der Waals surface area contributed by atoms with E-state index >= 15 is 0 Å². The van der Waals surface area contributed by atoms with Crippen LogP contribution in [-0.2, 0) is 14.3 Å². The van der Waals surface area contributed by atoms with Crippen LogP contribution in [0.3, 0.4) is 0 Å². The van der Waals surface area contributed by atoms with Crippen LogP contribution in [0.25, 0.3) is 11.1 Å². The topological polar surface area (TPSA) is 63.6 Å². The van der Waals surface area contributed by atoms with E-state index in [0.29, 0.717) is 18.3 Å². The van der Waals surface area contributed by atoms with Gasteiger partial charge in [0.25, 0.3) is 0 Å². The third-order valence-electron chi connectivity index (χ3n) is 9.44. The summed E-state index contributed by atoms with van der Waals surface area (Å²) >= 11 is 0. The lowest BCUT2D eigenvalue weighted by molar-refractivity contribution is -0.150. The van der Waals surface area contributed by atoms with E-state index < -0.39 is 5.92 Å². The van der Waals surface area contributed by atoms with Gasteiger partial charge in [-0.05, 0) is 84.5 Å². The van der Waals surface area contributed by atoms with Crippen LogP contribution in [0.15, 0.2) is 48.5 Å². The fourth-order valence-corrected chi connectivity index (χ4v) is 7.48. The van der Waals surface area contributed by atoms with E-state index in [4.69, 9.17) is 4.74 Å². The summed E-state index contributed by atoms with van der Waals surface area (Å²) in [6, 6.07) is 16.6. The number of hydrogen-bond donors (Lipinski definition) is 1. The second-order valence-corrected chi connectivity index (χ2v) is 11.4. The van der Waals surface area contributed by atoms with Crippen molar-refractivity contribution in [3.8, 4) is 11.1 Å². The monoisotopic (exact) mass is 488 g/mol. The van der Waals surface area contributed by atoms with Gasteiger partial charge >= 0.3 is 5.97 Å². The summed E-state index contributed by atoms with van der Waals surface area (Å²) in [7, 11) is 0. The van der Waals surface area contributed by atoms with Crippen LogP contribution in [-0.4, -0.2) is 30.1 Å². The lowest BCUT2D eigenvalue weighted by Gasteiger charge is -2.42. The second-order valence-electron chi connectivity index (χ2n) is 11.4. The molecular formula is C32H40O4. The Kier molecular flexibility index (Phi) is 7.90. The van der Waals surface area contributed by atoms with Crippen LogP contribution < -0.4 is 0 Å². The third-order valence-corrected chi connectivity index (χ3v) is 9.44. The summed E-state index contributed by atoms with van der Waals surface area (Å²) in [6.07, 6.45) is 10.0. The molecule has 0 radical (unpaired) electrons. The Bertz CT molecular complexity index is 1010. The number of hydrogen-bond acceptors (Lipinski definition) is 4. The number of rotatable bonds is 8. The summed E-state index contributed by atoms with van der Waals surface area (Å²) in [5.74, 6) is 1.47. The molecule has 0 saturated heterocycles. The molecule has 2 aromatic rings. The minimum atomic E-state index is -0.674. The molecule has 4 atom stereocenters. The number of esters is 1. The molecule has 2 aromatic carbocycles. The summed E-state index contributed by atoms with van der Waals surface area (Å²) in [5.41, 5.74) is 4.78. The molecule has 1 N–H and O–H groups in total. The number of aliphatic hydroxyl groups excluding tert-OH is 1. The van der Waals surface area contributed by atoms with Crippen molar-refractivity contribution in [1.82, 2.24) is 0 Å². The lowest BCUT2D eigenvalue weighted by Crippen LogP contribution is -2.34. The Morgan fingerprint density at radius 3 is 2.22 bits per heavy atom. The van der Waals surface area contributed by atoms with Gasteiger partial charge in [0.15, 0.2) is 0 Å². The molecule has 0 spiro atoms. The predicted molar refractivity (Wildman–Crippen MR) is 141 cm³/mol. The maximum absolute atomic E-state index is 13.0. The van der Waals surface area contributed by atoms with Crippen molar-refractivity contribution in [2.24, 2.45) is 29.6 Å². The largest absolute Gasteiger partial charge is 0.464 e. The van der Waals surface area contributed by atoms with Gasteiger partial charge in [-0.1, -0.05) is 74.7 Å². The first-order valence-electron chi connectivity index (χ1n) is 14.1. The van der Waals surface area contributed by atoms with Crippen LogP contribution in [0.5, 0.6) is 0 Å². The van der Waals surface area contributed by atoms with Crippen molar-refractivity contribution in [2.75, 3.05) is 6.61 Å². The zero-order valence-electron chi connectivity index (χ0n) is 21.5. The van der Waals surface area contributed by atoms with Crippen LogP contribution in [0, 0.1) is 29.6 Å². The van der Waals surface area contributed by atoms with Crippen LogP contribution in [0.1, 0.15) is 81.8 Å². The van der Waals surface area contributed by atoms with Gasteiger partial charge in [0.05, 0.1) is 6.10 Å². The molecule has 2 saturated carbocycles. The van der Waals surface area contributed by atoms with Gasteiger partial charge in [0.2, 0.25) is 0 Å². The molecule has 36 heavy (non-hydrogen) atoms. The normalized spacial score (nSPS) is 28.7. The van der Waals surface area contributed by atoms with Gasteiger partial charge in [-0.15, -0.1) is 0 Å². The summed E-state index contributed by atoms with van der Waals surface area (Å²) in [5, 5.41) is 10.1. The first-order valence-corrected chi connectivity index (χ1v) is 14.1. The highest BCUT2D eigenvalue weighted by molar-refractivity contribution is 5.88. The van der Waals surface area contributed by atoms with Gasteiger partial charge < -0.3 is 14.6 Å². The Hall–Kier alpha value is -2.46. The zero-order chi connectivity index (χ0) is 25.1. The average molecular weight is 489 g/mol. The van der Waals surface area contributed by atoms with E-state index in [0.717, 1.165) is 56.6 Å². The molecule has 5 rings (SSSR count). The van der Waals surface area contributed by atoms with Crippen molar-refractivity contribution < 1.29 is 19.4 Å². The fraction of sp³-hybridized carbons (Fsp3) is 0.562.